The van der Waals surface area contributed by atoms with Crippen LogP contribution in [0.1, 0.15) is 21.5 Å². The third kappa shape index (κ3) is 4.88. The molecule has 0 aromatic heterocycles. The van der Waals surface area contributed by atoms with Gasteiger partial charge >= 0.3 is 0 Å². The molecule has 2 N–H and O–H groups in total. The van der Waals surface area contributed by atoms with Gasteiger partial charge in [0.05, 0.1) is 4.90 Å². The van der Waals surface area contributed by atoms with Gasteiger partial charge in [-0.25, -0.2) is 8.42 Å². The lowest BCUT2D eigenvalue weighted by molar-refractivity contribution is 0.0946. The van der Waals surface area contributed by atoms with Crippen molar-refractivity contribution in [3.8, 4) is 0 Å². The maximum absolute atomic E-state index is 13.5. The Labute approximate surface area is 205 Å². The summed E-state index contributed by atoms with van der Waals surface area (Å²) in [5.74, 6) is 1.02. The monoisotopic (exact) mass is 495 g/mol. The van der Waals surface area contributed by atoms with E-state index >= 15 is 0 Å². The Morgan fingerprint density at radius 2 is 1.47 bits per heavy atom. The highest BCUT2D eigenvalue weighted by atomic mass is 35.5. The minimum Gasteiger partial charge on any atom is -0.349 e. The molecule has 1 heterocycles. The second-order valence-electron chi connectivity index (χ2n) is 8.89. The number of fused-ring (bicyclic) bond motifs is 1. The van der Waals surface area contributed by atoms with Crippen LogP contribution in [0.25, 0.3) is 0 Å². The molecule has 3 aromatic rings. The number of nitrogens with zero attached hydrogens (tertiary/aromatic N) is 1. The zero-order valence-electron chi connectivity index (χ0n) is 18.5. The van der Waals surface area contributed by atoms with E-state index in [1.54, 1.807) is 24.3 Å². The minimum absolute atomic E-state index is 0.0825. The third-order valence-corrected chi connectivity index (χ3v) is 8.68. The van der Waals surface area contributed by atoms with Crippen LogP contribution >= 0.6 is 11.6 Å². The van der Waals surface area contributed by atoms with Gasteiger partial charge < -0.3 is 10.6 Å². The van der Waals surface area contributed by atoms with E-state index in [1.807, 2.05) is 42.5 Å². The zero-order chi connectivity index (χ0) is 23.7. The van der Waals surface area contributed by atoms with Crippen LogP contribution in [-0.2, 0) is 23.1 Å². The van der Waals surface area contributed by atoms with Crippen molar-refractivity contribution in [2.24, 2.45) is 11.8 Å². The van der Waals surface area contributed by atoms with Gasteiger partial charge in [0.1, 0.15) is 0 Å². The van der Waals surface area contributed by atoms with Crippen LogP contribution in [0.15, 0.2) is 83.8 Å². The first-order valence-corrected chi connectivity index (χ1v) is 13.1. The second-order valence-corrected chi connectivity index (χ2v) is 11.3. The van der Waals surface area contributed by atoms with Crippen LogP contribution in [-0.4, -0.2) is 37.8 Å². The molecule has 34 heavy (non-hydrogen) atoms. The number of hydrogen-bond acceptors (Lipinski definition) is 4. The van der Waals surface area contributed by atoms with Gasteiger partial charge in [-0.05, 0) is 59.4 Å². The number of hydrogen-bond donors (Lipinski definition) is 2. The van der Waals surface area contributed by atoms with E-state index in [9.17, 15) is 13.2 Å². The Hall–Kier alpha value is -2.71. The van der Waals surface area contributed by atoms with Crippen molar-refractivity contribution in [3.63, 3.8) is 0 Å². The number of halogens is 1. The molecule has 176 valence electrons. The highest BCUT2D eigenvalue weighted by Crippen LogP contribution is 2.41. The summed E-state index contributed by atoms with van der Waals surface area (Å²) in [6.07, 6.45) is 0. The van der Waals surface area contributed by atoms with Crippen LogP contribution in [0.2, 0.25) is 5.02 Å². The van der Waals surface area contributed by atoms with E-state index in [1.165, 1.54) is 16.4 Å². The summed E-state index contributed by atoms with van der Waals surface area (Å²) in [5, 5.41) is 6.92. The summed E-state index contributed by atoms with van der Waals surface area (Å²) < 4.78 is 28.4. The van der Waals surface area contributed by atoms with Crippen LogP contribution in [0.4, 0.5) is 0 Å². The average molecular weight is 496 g/mol. The van der Waals surface area contributed by atoms with Gasteiger partial charge in [0.25, 0.3) is 5.91 Å². The number of piperidine rings is 1. The van der Waals surface area contributed by atoms with E-state index in [0.717, 1.165) is 24.2 Å². The molecule has 3 aromatic carbocycles. The van der Waals surface area contributed by atoms with Gasteiger partial charge in [-0.2, -0.15) is 4.31 Å². The first-order valence-electron chi connectivity index (χ1n) is 11.3. The molecule has 1 unspecified atom stereocenters. The van der Waals surface area contributed by atoms with Gasteiger partial charge in [-0.3, -0.25) is 4.79 Å². The summed E-state index contributed by atoms with van der Waals surface area (Å²) in [7, 11) is -3.77. The summed E-state index contributed by atoms with van der Waals surface area (Å²) in [5.41, 5.74) is 2.27. The van der Waals surface area contributed by atoms with E-state index in [0.29, 0.717) is 22.4 Å². The molecule has 3 atom stereocenters. The zero-order valence-corrected chi connectivity index (χ0v) is 20.1. The van der Waals surface area contributed by atoms with Gasteiger partial charge in [-0.15, -0.1) is 0 Å². The molecule has 2 fully saturated rings. The van der Waals surface area contributed by atoms with E-state index in [-0.39, 0.29) is 29.9 Å². The molecule has 0 bridgehead atoms. The molecular formula is C26H26ClN3O3S. The molecule has 5 rings (SSSR count). The maximum atomic E-state index is 13.5. The Balaban J connectivity index is 1.33. The van der Waals surface area contributed by atoms with E-state index in [4.69, 9.17) is 11.6 Å². The van der Waals surface area contributed by atoms with Crippen molar-refractivity contribution < 1.29 is 13.2 Å². The van der Waals surface area contributed by atoms with Gasteiger partial charge in [-0.1, -0.05) is 54.1 Å². The minimum atomic E-state index is -3.77. The molecule has 1 aliphatic carbocycles. The number of carbonyl (C=O) groups is 1. The van der Waals surface area contributed by atoms with Crippen molar-refractivity contribution in [1.82, 2.24) is 14.9 Å². The van der Waals surface area contributed by atoms with Crippen molar-refractivity contribution in [2.75, 3.05) is 13.1 Å². The Bertz CT molecular complexity index is 1250. The summed E-state index contributed by atoms with van der Waals surface area (Å²) in [6.45, 7) is 2.34. The quantitative estimate of drug-likeness (QED) is 0.499. The van der Waals surface area contributed by atoms with Crippen LogP contribution in [0.3, 0.4) is 0 Å². The average Bonchev–Trinajstić information content (AvgIpc) is 3.25. The molecule has 1 amide bonds. The maximum Gasteiger partial charge on any atom is 0.251 e. The molecule has 1 saturated carbocycles. The number of benzene rings is 3. The molecule has 8 heteroatoms. The molecule has 0 radical (unpaired) electrons. The van der Waals surface area contributed by atoms with Crippen molar-refractivity contribution in [1.29, 1.82) is 0 Å². The predicted molar refractivity (Wildman–Crippen MR) is 132 cm³/mol. The summed E-state index contributed by atoms with van der Waals surface area (Å²) in [4.78, 5) is 12.8. The second kappa shape index (κ2) is 9.50. The fourth-order valence-corrected chi connectivity index (χ4v) is 6.14. The topological polar surface area (TPSA) is 78.5 Å². The Kier molecular flexibility index (Phi) is 6.44. The lowest BCUT2D eigenvalue weighted by Gasteiger charge is -2.23. The van der Waals surface area contributed by atoms with Crippen LogP contribution < -0.4 is 10.6 Å². The normalized spacial score (nSPS) is 21.3. The first kappa shape index (κ1) is 23.1. The number of rotatable bonds is 8. The molecule has 1 saturated heterocycles. The number of amides is 1. The fourth-order valence-electron chi connectivity index (χ4n) is 4.60. The standard InChI is InChI=1S/C26H26ClN3O3S/c27-21-10-12-22(13-11-21)34(32,33)30(16-18-4-2-1-3-5-18)17-19-6-8-20(9-7-19)26(31)29-25-23-14-28-15-24(23)25/h1-13,23-25,28H,14-17H2,(H,29,31)/t23-,24+,25?. The van der Waals surface area contributed by atoms with Crippen molar-refractivity contribution in [3.05, 3.63) is 101 Å². The highest BCUT2D eigenvalue weighted by molar-refractivity contribution is 7.89. The lowest BCUT2D eigenvalue weighted by Crippen LogP contribution is -2.32. The van der Waals surface area contributed by atoms with Gasteiger partial charge in [0.2, 0.25) is 10.0 Å². The van der Waals surface area contributed by atoms with Gasteiger partial charge in [0, 0.05) is 42.8 Å². The largest absolute Gasteiger partial charge is 0.349 e. The van der Waals surface area contributed by atoms with Crippen LogP contribution in [0, 0.1) is 11.8 Å². The summed E-state index contributed by atoms with van der Waals surface area (Å²) in [6, 6.07) is 23.1. The Morgan fingerprint density at radius 1 is 0.882 bits per heavy atom. The molecular weight excluding hydrogens is 470 g/mol. The molecule has 1 aliphatic heterocycles. The number of sulfonamides is 1. The van der Waals surface area contributed by atoms with E-state index < -0.39 is 10.0 Å². The van der Waals surface area contributed by atoms with Crippen LogP contribution in [0.5, 0.6) is 0 Å². The molecule has 0 spiro atoms. The highest BCUT2D eigenvalue weighted by Gasteiger charge is 2.53. The first-order chi connectivity index (χ1) is 16.4. The molecule has 6 nitrogen and oxygen atoms in total. The summed E-state index contributed by atoms with van der Waals surface area (Å²) >= 11 is 5.96. The lowest BCUT2D eigenvalue weighted by atomic mass is 10.1. The third-order valence-electron chi connectivity index (χ3n) is 6.62. The van der Waals surface area contributed by atoms with Gasteiger partial charge in [0.15, 0.2) is 0 Å². The Morgan fingerprint density at radius 3 is 2.09 bits per heavy atom. The number of nitrogens with one attached hydrogen (secondary N) is 2. The predicted octanol–water partition coefficient (Wildman–Crippen LogP) is 3.68. The van der Waals surface area contributed by atoms with Crippen molar-refractivity contribution >= 4 is 27.5 Å². The number of carbonyl (C=O) groups excluding carboxylic acids is 1. The fraction of sp³-hybridized carbons (Fsp3) is 0.269. The molecule has 2 aliphatic rings. The smallest absolute Gasteiger partial charge is 0.251 e. The SMILES string of the molecule is O=C(NC1[C@H]2CNC[C@@H]12)c1ccc(CN(Cc2ccccc2)S(=O)(=O)c2ccc(Cl)cc2)cc1. The van der Waals surface area contributed by atoms with E-state index in [2.05, 4.69) is 10.6 Å². The van der Waals surface area contributed by atoms with Crippen molar-refractivity contribution in [2.45, 2.75) is 24.0 Å².